The van der Waals surface area contributed by atoms with Gasteiger partial charge in [-0.3, -0.25) is 4.98 Å². The van der Waals surface area contributed by atoms with Crippen LogP contribution in [-0.4, -0.2) is 43.1 Å². The topological polar surface area (TPSA) is 62.3 Å². The van der Waals surface area contributed by atoms with Crippen LogP contribution in [0.4, 0.5) is 0 Å². The first-order valence-electron chi connectivity index (χ1n) is 8.50. The molecule has 2 heterocycles. The van der Waals surface area contributed by atoms with E-state index in [0.717, 1.165) is 29.4 Å². The van der Waals surface area contributed by atoms with Crippen molar-refractivity contribution in [2.24, 2.45) is 5.92 Å². The highest BCUT2D eigenvalue weighted by Gasteiger charge is 2.31. The molecule has 1 aliphatic rings. The fraction of sp³-hybridized carbons (Fsp3) is 0.500. The molecule has 1 fully saturated rings. The van der Waals surface area contributed by atoms with Gasteiger partial charge in [0.15, 0.2) is 0 Å². The maximum absolute atomic E-state index is 11.8. The van der Waals surface area contributed by atoms with Crippen LogP contribution in [0, 0.1) is 5.92 Å². The van der Waals surface area contributed by atoms with Crippen LogP contribution in [-0.2, 0) is 16.6 Å². The third-order valence-electron chi connectivity index (χ3n) is 4.89. The molecular formula is C18H25N3O2S. The molecule has 1 aromatic carbocycles. The van der Waals surface area contributed by atoms with Gasteiger partial charge < -0.3 is 5.32 Å². The molecule has 2 atom stereocenters. The van der Waals surface area contributed by atoms with Crippen LogP contribution in [0.25, 0.3) is 10.9 Å². The second kappa shape index (κ2) is 7.17. The van der Waals surface area contributed by atoms with Gasteiger partial charge in [-0.25, -0.2) is 12.7 Å². The molecule has 24 heavy (non-hydrogen) atoms. The Morgan fingerprint density at radius 1 is 1.25 bits per heavy atom. The monoisotopic (exact) mass is 347 g/mol. The molecule has 130 valence electrons. The third kappa shape index (κ3) is 3.94. The van der Waals surface area contributed by atoms with Gasteiger partial charge in [-0.15, -0.1) is 0 Å². The fourth-order valence-corrected chi connectivity index (χ4v) is 4.32. The minimum absolute atomic E-state index is 0.335. The summed E-state index contributed by atoms with van der Waals surface area (Å²) in [6.07, 6.45) is 3.11. The Kier molecular flexibility index (Phi) is 5.18. The minimum Gasteiger partial charge on any atom is -0.308 e. The van der Waals surface area contributed by atoms with Gasteiger partial charge in [0.2, 0.25) is 10.0 Å². The van der Waals surface area contributed by atoms with Gasteiger partial charge in [-0.1, -0.05) is 37.6 Å². The first kappa shape index (κ1) is 17.3. The molecule has 0 radical (unpaired) electrons. The Hall–Kier alpha value is -1.50. The number of benzene rings is 1. The summed E-state index contributed by atoms with van der Waals surface area (Å²) < 4.78 is 25.1. The van der Waals surface area contributed by atoms with Crippen molar-refractivity contribution in [2.75, 3.05) is 19.3 Å². The summed E-state index contributed by atoms with van der Waals surface area (Å²) >= 11 is 0. The average molecular weight is 347 g/mol. The molecule has 0 bridgehead atoms. The van der Waals surface area contributed by atoms with Crippen LogP contribution < -0.4 is 5.32 Å². The van der Waals surface area contributed by atoms with E-state index >= 15 is 0 Å². The molecule has 5 nitrogen and oxygen atoms in total. The lowest BCUT2D eigenvalue weighted by molar-refractivity contribution is 0.201. The Bertz CT molecular complexity index is 807. The lowest BCUT2D eigenvalue weighted by Gasteiger charge is -2.37. The predicted molar refractivity (Wildman–Crippen MR) is 97.2 cm³/mol. The van der Waals surface area contributed by atoms with Crippen LogP contribution in [0.1, 0.15) is 25.5 Å². The van der Waals surface area contributed by atoms with E-state index in [1.54, 1.807) is 4.31 Å². The Morgan fingerprint density at radius 3 is 2.79 bits per heavy atom. The molecular weight excluding hydrogens is 322 g/mol. The van der Waals surface area contributed by atoms with Crippen molar-refractivity contribution in [1.29, 1.82) is 0 Å². The van der Waals surface area contributed by atoms with Crippen LogP contribution in [0.2, 0.25) is 0 Å². The Morgan fingerprint density at radius 2 is 2.04 bits per heavy atom. The predicted octanol–water partition coefficient (Wildman–Crippen LogP) is 2.38. The number of hydrogen-bond donors (Lipinski definition) is 1. The van der Waals surface area contributed by atoms with E-state index in [1.807, 2.05) is 18.2 Å². The molecule has 1 aromatic heterocycles. The van der Waals surface area contributed by atoms with Crippen molar-refractivity contribution >= 4 is 20.9 Å². The van der Waals surface area contributed by atoms with E-state index < -0.39 is 10.0 Å². The number of sulfonamides is 1. The van der Waals surface area contributed by atoms with Crippen molar-refractivity contribution in [3.8, 4) is 0 Å². The second-order valence-corrected chi connectivity index (χ2v) is 8.54. The van der Waals surface area contributed by atoms with E-state index in [-0.39, 0.29) is 0 Å². The van der Waals surface area contributed by atoms with Gasteiger partial charge in [-0.2, -0.15) is 0 Å². The molecule has 0 saturated carbocycles. The number of para-hydroxylation sites is 1. The van der Waals surface area contributed by atoms with Crippen molar-refractivity contribution in [1.82, 2.24) is 14.6 Å². The van der Waals surface area contributed by atoms with Crippen LogP contribution in [0.3, 0.4) is 0 Å². The highest BCUT2D eigenvalue weighted by molar-refractivity contribution is 7.88. The van der Waals surface area contributed by atoms with Gasteiger partial charge in [-0.05, 0) is 24.5 Å². The molecule has 6 heteroatoms. The van der Waals surface area contributed by atoms with Gasteiger partial charge >= 0.3 is 0 Å². The van der Waals surface area contributed by atoms with Gasteiger partial charge in [0, 0.05) is 31.1 Å². The van der Waals surface area contributed by atoms with Crippen molar-refractivity contribution < 1.29 is 8.42 Å². The third-order valence-corrected chi connectivity index (χ3v) is 6.16. The normalized spacial score (nSPS) is 22.8. The average Bonchev–Trinajstić information content (AvgIpc) is 2.58. The summed E-state index contributed by atoms with van der Waals surface area (Å²) in [5.41, 5.74) is 2.03. The molecule has 1 aliphatic heterocycles. The van der Waals surface area contributed by atoms with E-state index in [1.165, 1.54) is 6.26 Å². The first-order valence-corrected chi connectivity index (χ1v) is 10.4. The summed E-state index contributed by atoms with van der Waals surface area (Å²) in [5.74, 6) is 0.342. The molecule has 0 amide bonds. The zero-order valence-corrected chi connectivity index (χ0v) is 15.1. The van der Waals surface area contributed by atoms with Crippen LogP contribution in [0.15, 0.2) is 36.4 Å². The molecule has 0 aliphatic carbocycles. The second-order valence-electron chi connectivity index (χ2n) is 6.56. The zero-order valence-electron chi connectivity index (χ0n) is 14.3. The molecule has 0 unspecified atom stereocenters. The highest BCUT2D eigenvalue weighted by atomic mass is 32.2. The van der Waals surface area contributed by atoms with E-state index in [2.05, 4.69) is 30.4 Å². The van der Waals surface area contributed by atoms with Gasteiger partial charge in [0.05, 0.1) is 17.5 Å². The van der Waals surface area contributed by atoms with Crippen molar-refractivity contribution in [3.63, 3.8) is 0 Å². The SMILES string of the molecule is CC[C@H]1CN(S(C)(=O)=O)CC[C@@H]1NCc1ccc2ccccc2n1. The number of piperidine rings is 1. The van der Waals surface area contributed by atoms with E-state index in [4.69, 9.17) is 4.98 Å². The first-order chi connectivity index (χ1) is 11.5. The van der Waals surface area contributed by atoms with E-state index in [0.29, 0.717) is 31.6 Å². The number of nitrogens with zero attached hydrogens (tertiary/aromatic N) is 2. The van der Waals surface area contributed by atoms with Gasteiger partial charge in [0.1, 0.15) is 0 Å². The van der Waals surface area contributed by atoms with Gasteiger partial charge in [0.25, 0.3) is 0 Å². The number of nitrogens with one attached hydrogen (secondary N) is 1. The van der Waals surface area contributed by atoms with E-state index in [9.17, 15) is 8.42 Å². The van der Waals surface area contributed by atoms with Crippen molar-refractivity contribution in [2.45, 2.75) is 32.4 Å². The largest absolute Gasteiger partial charge is 0.308 e. The molecule has 1 saturated heterocycles. The maximum atomic E-state index is 11.8. The molecule has 2 aromatic rings. The smallest absolute Gasteiger partial charge is 0.211 e. The summed E-state index contributed by atoms with van der Waals surface area (Å²) in [4.78, 5) is 4.70. The number of fused-ring (bicyclic) bond motifs is 1. The molecule has 3 rings (SSSR count). The number of aromatic nitrogens is 1. The Balaban J connectivity index is 1.64. The summed E-state index contributed by atoms with van der Waals surface area (Å²) in [5, 5.41) is 4.74. The minimum atomic E-state index is -3.09. The number of pyridine rings is 1. The zero-order chi connectivity index (χ0) is 17.2. The number of hydrogen-bond acceptors (Lipinski definition) is 4. The van der Waals surface area contributed by atoms with Crippen LogP contribution >= 0.6 is 0 Å². The maximum Gasteiger partial charge on any atom is 0.211 e. The summed E-state index contributed by atoms with van der Waals surface area (Å²) in [7, 11) is -3.09. The molecule has 0 spiro atoms. The quantitative estimate of drug-likeness (QED) is 0.902. The van der Waals surface area contributed by atoms with Crippen LogP contribution in [0.5, 0.6) is 0 Å². The molecule has 1 N–H and O–H groups in total. The summed E-state index contributed by atoms with van der Waals surface area (Å²) in [6, 6.07) is 12.6. The fourth-order valence-electron chi connectivity index (χ4n) is 3.42. The lowest BCUT2D eigenvalue weighted by atomic mass is 9.91. The number of rotatable bonds is 5. The highest BCUT2D eigenvalue weighted by Crippen LogP contribution is 2.22. The Labute approximate surface area is 144 Å². The summed E-state index contributed by atoms with van der Waals surface area (Å²) in [6.45, 7) is 4.04. The lowest BCUT2D eigenvalue weighted by Crippen LogP contribution is -2.50. The van der Waals surface area contributed by atoms with Crippen molar-refractivity contribution in [3.05, 3.63) is 42.1 Å². The standard InChI is InChI=1S/C18H25N3O2S/c1-3-14-13-21(24(2,22)23)11-10-17(14)19-12-16-9-8-15-6-4-5-7-18(15)20-16/h4-9,14,17,19H,3,10-13H2,1-2H3/t14-,17-/m0/s1.